The topological polar surface area (TPSA) is 64.6 Å². The van der Waals surface area contributed by atoms with Crippen LogP contribution in [0.3, 0.4) is 0 Å². The second-order valence-electron chi connectivity index (χ2n) is 9.31. The van der Waals surface area contributed by atoms with Gasteiger partial charge >= 0.3 is 0 Å². The van der Waals surface area contributed by atoms with Crippen molar-refractivity contribution in [2.75, 3.05) is 26.3 Å². The van der Waals surface area contributed by atoms with E-state index in [1.807, 2.05) is 35.2 Å². The summed E-state index contributed by atoms with van der Waals surface area (Å²) in [6.45, 7) is 4.68. The van der Waals surface area contributed by atoms with Crippen LogP contribution in [-0.4, -0.2) is 47.1 Å². The third-order valence-electron chi connectivity index (χ3n) is 7.10. The molecule has 2 aromatic carbocycles. The van der Waals surface area contributed by atoms with Crippen LogP contribution in [0.2, 0.25) is 0 Å². The Labute approximate surface area is 201 Å². The number of hydrogen-bond acceptors (Lipinski definition) is 5. The normalized spacial score (nSPS) is 20.0. The molecular formula is C28H31N3O3. The smallest absolute Gasteiger partial charge is 0.241 e. The van der Waals surface area contributed by atoms with Crippen molar-refractivity contribution in [2.45, 2.75) is 43.9 Å². The fourth-order valence-electron chi connectivity index (χ4n) is 5.20. The number of aryl methyl sites for hydroxylation is 1. The summed E-state index contributed by atoms with van der Waals surface area (Å²) >= 11 is 0. The summed E-state index contributed by atoms with van der Waals surface area (Å²) < 4.78 is 11.7. The molecular weight excluding hydrogens is 426 g/mol. The van der Waals surface area contributed by atoms with Gasteiger partial charge in [-0.15, -0.1) is 0 Å². The molecule has 5 rings (SSSR count). The molecule has 34 heavy (non-hydrogen) atoms. The Bertz CT molecular complexity index is 1110. The third-order valence-corrected chi connectivity index (χ3v) is 7.10. The number of para-hydroxylation sites is 1. The number of aromatic nitrogens is 2. The van der Waals surface area contributed by atoms with Gasteiger partial charge in [0.2, 0.25) is 11.8 Å². The third kappa shape index (κ3) is 4.55. The van der Waals surface area contributed by atoms with Crippen molar-refractivity contribution in [3.63, 3.8) is 0 Å². The molecule has 1 aromatic heterocycles. The molecule has 6 heteroatoms. The van der Waals surface area contributed by atoms with E-state index < -0.39 is 5.41 Å². The molecule has 0 N–H and O–H groups in total. The molecule has 0 saturated carbocycles. The van der Waals surface area contributed by atoms with E-state index in [4.69, 9.17) is 9.47 Å². The number of carbonyl (C=O) groups is 1. The lowest BCUT2D eigenvalue weighted by Crippen LogP contribution is -2.52. The molecule has 2 aliphatic rings. The van der Waals surface area contributed by atoms with E-state index in [1.54, 1.807) is 12.4 Å². The van der Waals surface area contributed by atoms with Gasteiger partial charge < -0.3 is 14.4 Å². The Morgan fingerprint density at radius 1 is 1.03 bits per heavy atom. The molecule has 1 atom stereocenters. The molecule has 0 bridgehead atoms. The van der Waals surface area contributed by atoms with Gasteiger partial charge in [0.25, 0.3) is 0 Å². The number of benzene rings is 2. The molecule has 3 heterocycles. The van der Waals surface area contributed by atoms with Crippen LogP contribution < -0.4 is 4.74 Å². The van der Waals surface area contributed by atoms with Gasteiger partial charge in [-0.2, -0.15) is 0 Å². The van der Waals surface area contributed by atoms with Crippen LogP contribution >= 0.6 is 0 Å². The maximum Gasteiger partial charge on any atom is 0.241 e. The van der Waals surface area contributed by atoms with Crippen molar-refractivity contribution in [1.82, 2.24) is 14.9 Å². The number of ether oxygens (including phenoxy) is 2. The van der Waals surface area contributed by atoms with Crippen LogP contribution in [0.15, 0.2) is 67.0 Å². The Kier molecular flexibility index (Phi) is 6.59. The fourth-order valence-corrected chi connectivity index (χ4v) is 5.20. The maximum absolute atomic E-state index is 14.1. The van der Waals surface area contributed by atoms with Gasteiger partial charge in [0.15, 0.2) is 0 Å². The van der Waals surface area contributed by atoms with Crippen molar-refractivity contribution >= 4 is 5.91 Å². The minimum atomic E-state index is -0.528. The number of likely N-dealkylation sites (tertiary alicyclic amines) is 1. The van der Waals surface area contributed by atoms with E-state index in [-0.39, 0.29) is 11.8 Å². The van der Waals surface area contributed by atoms with Gasteiger partial charge in [-0.25, -0.2) is 4.98 Å². The SMILES string of the molecule is Cc1ccc(C2(C(=O)N3CCCC(c4nccnc4Oc4ccccc4)C3)CCOCC2)cc1. The lowest BCUT2D eigenvalue weighted by molar-refractivity contribution is -0.142. The summed E-state index contributed by atoms with van der Waals surface area (Å²) in [5, 5.41) is 0. The highest BCUT2D eigenvalue weighted by atomic mass is 16.5. The van der Waals surface area contributed by atoms with E-state index >= 15 is 0 Å². The van der Waals surface area contributed by atoms with Crippen molar-refractivity contribution in [2.24, 2.45) is 0 Å². The van der Waals surface area contributed by atoms with E-state index in [9.17, 15) is 4.79 Å². The fraction of sp³-hybridized carbons (Fsp3) is 0.393. The largest absolute Gasteiger partial charge is 0.437 e. The second kappa shape index (κ2) is 9.94. The van der Waals surface area contributed by atoms with Crippen LogP contribution in [0.1, 0.15) is 48.4 Å². The Morgan fingerprint density at radius 3 is 2.53 bits per heavy atom. The Morgan fingerprint density at radius 2 is 1.76 bits per heavy atom. The van der Waals surface area contributed by atoms with E-state index in [0.717, 1.165) is 36.4 Å². The average Bonchev–Trinajstić information content (AvgIpc) is 2.90. The molecule has 2 fully saturated rings. The number of carbonyl (C=O) groups excluding carboxylic acids is 1. The molecule has 0 radical (unpaired) electrons. The minimum Gasteiger partial charge on any atom is -0.437 e. The quantitative estimate of drug-likeness (QED) is 0.538. The summed E-state index contributed by atoms with van der Waals surface area (Å²) in [6, 6.07) is 18.1. The van der Waals surface area contributed by atoms with Crippen LogP contribution in [0.4, 0.5) is 0 Å². The van der Waals surface area contributed by atoms with Gasteiger partial charge in [0, 0.05) is 44.6 Å². The minimum absolute atomic E-state index is 0.0834. The first kappa shape index (κ1) is 22.5. The highest BCUT2D eigenvalue weighted by Gasteiger charge is 2.45. The number of hydrogen-bond donors (Lipinski definition) is 0. The van der Waals surface area contributed by atoms with E-state index in [2.05, 4.69) is 41.2 Å². The van der Waals surface area contributed by atoms with Crippen LogP contribution in [0.5, 0.6) is 11.6 Å². The molecule has 3 aromatic rings. The summed E-state index contributed by atoms with van der Waals surface area (Å²) in [5.74, 6) is 1.54. The number of nitrogens with zero attached hydrogens (tertiary/aromatic N) is 3. The lowest BCUT2D eigenvalue weighted by atomic mass is 9.72. The van der Waals surface area contributed by atoms with Crippen LogP contribution in [-0.2, 0) is 14.9 Å². The zero-order chi connectivity index (χ0) is 23.4. The number of rotatable bonds is 5. The molecule has 0 aliphatic carbocycles. The summed E-state index contributed by atoms with van der Waals surface area (Å²) in [4.78, 5) is 25.3. The van der Waals surface area contributed by atoms with Gasteiger partial charge in [0.1, 0.15) is 11.4 Å². The van der Waals surface area contributed by atoms with Crippen LogP contribution in [0, 0.1) is 6.92 Å². The van der Waals surface area contributed by atoms with E-state index in [0.29, 0.717) is 38.5 Å². The van der Waals surface area contributed by atoms with E-state index in [1.165, 1.54) is 5.56 Å². The first-order valence-electron chi connectivity index (χ1n) is 12.1. The van der Waals surface area contributed by atoms with Crippen molar-refractivity contribution in [3.8, 4) is 11.6 Å². The monoisotopic (exact) mass is 457 g/mol. The molecule has 6 nitrogen and oxygen atoms in total. The highest BCUT2D eigenvalue weighted by molar-refractivity contribution is 5.88. The lowest BCUT2D eigenvalue weighted by Gasteiger charge is -2.42. The molecule has 2 aliphatic heterocycles. The summed E-state index contributed by atoms with van der Waals surface area (Å²) in [5.41, 5.74) is 2.59. The number of piperidine rings is 1. The predicted octanol–water partition coefficient (Wildman–Crippen LogP) is 5.03. The summed E-state index contributed by atoms with van der Waals surface area (Å²) in [6.07, 6.45) is 6.67. The average molecular weight is 458 g/mol. The molecule has 0 spiro atoms. The zero-order valence-corrected chi connectivity index (χ0v) is 19.7. The standard InChI is InChI=1S/C28H31N3O3/c1-21-9-11-23(12-10-21)28(13-18-33-19-14-28)27(32)31-17-5-6-22(20-31)25-26(30-16-15-29-25)34-24-7-3-2-4-8-24/h2-4,7-12,15-16,22H,5-6,13-14,17-20H2,1H3. The molecule has 1 unspecified atom stereocenters. The van der Waals surface area contributed by atoms with Gasteiger partial charge in [0.05, 0.1) is 5.41 Å². The molecule has 176 valence electrons. The summed E-state index contributed by atoms with van der Waals surface area (Å²) in [7, 11) is 0. The first-order chi connectivity index (χ1) is 16.7. The zero-order valence-electron chi connectivity index (χ0n) is 19.7. The van der Waals surface area contributed by atoms with Crippen molar-refractivity contribution in [3.05, 3.63) is 83.8 Å². The van der Waals surface area contributed by atoms with Gasteiger partial charge in [-0.3, -0.25) is 9.78 Å². The molecule has 1 amide bonds. The first-order valence-corrected chi connectivity index (χ1v) is 12.1. The van der Waals surface area contributed by atoms with Crippen molar-refractivity contribution < 1.29 is 14.3 Å². The second-order valence-corrected chi connectivity index (χ2v) is 9.31. The maximum atomic E-state index is 14.1. The van der Waals surface area contributed by atoms with Gasteiger partial charge in [-0.1, -0.05) is 48.0 Å². The Hall–Kier alpha value is -3.25. The predicted molar refractivity (Wildman–Crippen MR) is 130 cm³/mol. The van der Waals surface area contributed by atoms with Crippen molar-refractivity contribution in [1.29, 1.82) is 0 Å². The van der Waals surface area contributed by atoms with Crippen LogP contribution in [0.25, 0.3) is 0 Å². The molecule has 2 saturated heterocycles. The Balaban J connectivity index is 1.40. The highest BCUT2D eigenvalue weighted by Crippen LogP contribution is 2.39. The number of amides is 1. The van der Waals surface area contributed by atoms with Gasteiger partial charge in [-0.05, 0) is 50.3 Å².